The molecule has 0 N–H and O–H groups in total. The van der Waals surface area contributed by atoms with Gasteiger partial charge in [-0.05, 0) is 99.5 Å². The second-order valence-electron chi connectivity index (χ2n) is 14.7. The Hall–Kier alpha value is -6.64. The highest BCUT2D eigenvalue weighted by molar-refractivity contribution is 7.03. The summed E-state index contributed by atoms with van der Waals surface area (Å²) in [4.78, 5) is 2.64. The molecule has 0 bridgehead atoms. The third-order valence-corrected chi connectivity index (χ3v) is 12.3. The Morgan fingerprint density at radius 2 is 0.759 bits per heavy atom. The van der Waals surface area contributed by atoms with Crippen LogP contribution >= 0.6 is 0 Å². The fraction of sp³-hybridized carbons (Fsp3) is 0.0385. The number of anilines is 3. The van der Waals surface area contributed by atoms with Crippen LogP contribution in [0.15, 0.2) is 170 Å². The van der Waals surface area contributed by atoms with Gasteiger partial charge in [0, 0.05) is 22.1 Å². The molecule has 0 aromatic heterocycles. The lowest BCUT2D eigenvalue weighted by molar-refractivity contribution is 1.33. The van der Waals surface area contributed by atoms with Crippen molar-refractivity contribution in [3.63, 3.8) is 0 Å². The van der Waals surface area contributed by atoms with Crippen LogP contribution in [0.3, 0.4) is 0 Å². The molecule has 10 aromatic rings. The third-order valence-electron chi connectivity index (χ3n) is 12.3. The van der Waals surface area contributed by atoms with Gasteiger partial charge in [0.2, 0.25) is 6.71 Å². The van der Waals surface area contributed by atoms with E-state index in [1.54, 1.807) is 0 Å². The van der Waals surface area contributed by atoms with Gasteiger partial charge in [0.15, 0.2) is 0 Å². The molecule has 3 heterocycles. The quantitative estimate of drug-likeness (QED) is 0.130. The van der Waals surface area contributed by atoms with Gasteiger partial charge in [-0.3, -0.25) is 0 Å². The van der Waals surface area contributed by atoms with Crippen LogP contribution in [0.5, 0.6) is 0 Å². The van der Waals surface area contributed by atoms with Crippen molar-refractivity contribution in [3.8, 4) is 33.4 Å². The molecule has 1 nitrogen and oxygen atoms in total. The van der Waals surface area contributed by atoms with Gasteiger partial charge >= 0.3 is 0 Å². The van der Waals surface area contributed by atoms with Gasteiger partial charge in [0.05, 0.1) is 5.69 Å². The van der Waals surface area contributed by atoms with Crippen LogP contribution in [0.1, 0.15) is 13.8 Å². The number of rotatable bonds is 2. The number of hydrogen-bond donors (Lipinski definition) is 0. The predicted octanol–water partition coefficient (Wildman–Crippen LogP) is 12.4. The Bertz CT molecular complexity index is 3090. The van der Waals surface area contributed by atoms with Crippen LogP contribution in [0.4, 0.5) is 17.1 Å². The molecule has 0 fully saturated rings. The van der Waals surface area contributed by atoms with Crippen LogP contribution in [0, 0.1) is 0 Å². The maximum absolute atomic E-state index is 2.64. The van der Waals surface area contributed by atoms with Gasteiger partial charge in [-0.15, -0.1) is 0 Å². The van der Waals surface area contributed by atoms with Crippen LogP contribution in [0.25, 0.3) is 87.2 Å². The zero-order valence-corrected chi connectivity index (χ0v) is 30.2. The van der Waals surface area contributed by atoms with E-state index < -0.39 is 0 Å². The molecule has 0 amide bonds. The highest BCUT2D eigenvalue weighted by Crippen LogP contribution is 2.52. The van der Waals surface area contributed by atoms with Gasteiger partial charge in [0.1, 0.15) is 0 Å². The van der Waals surface area contributed by atoms with E-state index in [0.29, 0.717) is 0 Å². The maximum Gasteiger partial charge on any atom is 0.249 e. The molecule has 54 heavy (non-hydrogen) atoms. The second-order valence-corrected chi connectivity index (χ2v) is 14.7. The summed E-state index contributed by atoms with van der Waals surface area (Å²) >= 11 is 0. The summed E-state index contributed by atoms with van der Waals surface area (Å²) in [5, 5.41) is 13.0. The van der Waals surface area contributed by atoms with Crippen molar-refractivity contribution in [2.75, 3.05) is 4.90 Å². The van der Waals surface area contributed by atoms with E-state index in [2.05, 4.69) is 175 Å². The summed E-state index contributed by atoms with van der Waals surface area (Å²) < 4.78 is 0. The average molecular weight is 684 g/mol. The Balaban J connectivity index is 0.00000160. The Morgan fingerprint density at radius 1 is 0.333 bits per heavy atom. The highest BCUT2D eigenvalue weighted by Gasteiger charge is 2.45. The summed E-state index contributed by atoms with van der Waals surface area (Å²) in [7, 11) is 0. The van der Waals surface area contributed by atoms with Crippen molar-refractivity contribution in [2.45, 2.75) is 13.8 Å². The zero-order chi connectivity index (χ0) is 35.7. The van der Waals surface area contributed by atoms with E-state index in [-0.39, 0.29) is 6.71 Å². The molecule has 0 atom stereocenters. The normalized spacial score (nSPS) is 12.9. The van der Waals surface area contributed by atoms with Crippen molar-refractivity contribution in [2.24, 2.45) is 0 Å². The smallest absolute Gasteiger partial charge is 0.249 e. The lowest BCUT2D eigenvalue weighted by Crippen LogP contribution is -2.61. The second kappa shape index (κ2) is 10.9. The molecule has 2 heteroatoms. The lowest BCUT2D eigenvalue weighted by atomic mass is 9.29. The minimum atomic E-state index is 0.164. The fourth-order valence-electron chi connectivity index (χ4n) is 10.4. The number of benzene rings is 10. The van der Waals surface area contributed by atoms with Crippen molar-refractivity contribution in [1.82, 2.24) is 0 Å². The minimum Gasteiger partial charge on any atom is -0.310 e. The van der Waals surface area contributed by atoms with Crippen molar-refractivity contribution >= 4 is 94.0 Å². The molecule has 0 unspecified atom stereocenters. The van der Waals surface area contributed by atoms with E-state index in [9.17, 15) is 0 Å². The standard InChI is InChI=1S/C50H28BN.C2H6/c1-2-15-32-29(11-1)12-7-20-33(32)46-36-16-3-5-18-40(36)50(41-19-6-4-17-37(41)46)52-42-27-25-30-13-8-21-34-38-23-10-24-39-35-22-9-14-31-26-28-43(52)49(45(31)35)51(47(38)39)48(42)44(30)34;1-2/h1-28H;1-2H3. The summed E-state index contributed by atoms with van der Waals surface area (Å²) in [6, 6.07) is 64.0. The molecule has 3 aliphatic rings. The largest absolute Gasteiger partial charge is 0.310 e. The molecular weight excluding hydrogens is 649 g/mol. The molecule has 0 radical (unpaired) electrons. The molecule has 10 aromatic carbocycles. The Morgan fingerprint density at radius 3 is 1.33 bits per heavy atom. The molecule has 0 spiro atoms. The monoisotopic (exact) mass is 683 g/mol. The van der Waals surface area contributed by atoms with E-state index >= 15 is 0 Å². The SMILES string of the molecule is CC.c1cc2c3c(c1)-c1cccc4ccc5c(c14)B3c1c(ccc3cccc-2c13)N5c1c2ccccc2c(-c2cccc3ccccc23)c2ccccc12. The van der Waals surface area contributed by atoms with Crippen molar-refractivity contribution in [3.05, 3.63) is 170 Å². The van der Waals surface area contributed by atoms with Gasteiger partial charge in [-0.2, -0.15) is 0 Å². The van der Waals surface area contributed by atoms with Gasteiger partial charge < -0.3 is 4.90 Å². The van der Waals surface area contributed by atoms with E-state index in [1.165, 1.54) is 121 Å². The summed E-state index contributed by atoms with van der Waals surface area (Å²) in [6.45, 7) is 4.16. The lowest BCUT2D eigenvalue weighted by Gasteiger charge is -2.44. The first-order valence-corrected chi connectivity index (χ1v) is 19.3. The first-order valence-electron chi connectivity index (χ1n) is 19.3. The highest BCUT2D eigenvalue weighted by atomic mass is 15.2. The van der Waals surface area contributed by atoms with Crippen LogP contribution in [0.2, 0.25) is 0 Å². The molecule has 0 aliphatic carbocycles. The average Bonchev–Trinajstić information content (AvgIpc) is 3.24. The fourth-order valence-corrected chi connectivity index (χ4v) is 10.4. The van der Waals surface area contributed by atoms with Crippen LogP contribution in [-0.2, 0) is 0 Å². The van der Waals surface area contributed by atoms with Gasteiger partial charge in [0.25, 0.3) is 0 Å². The zero-order valence-electron chi connectivity index (χ0n) is 30.2. The van der Waals surface area contributed by atoms with Crippen LogP contribution in [-0.4, -0.2) is 6.71 Å². The molecule has 0 saturated carbocycles. The number of nitrogens with zero attached hydrogens (tertiary/aromatic N) is 1. The molecular formula is C52H34BN. The van der Waals surface area contributed by atoms with Crippen molar-refractivity contribution in [1.29, 1.82) is 0 Å². The summed E-state index contributed by atoms with van der Waals surface area (Å²) in [6.07, 6.45) is 0. The number of fused-ring (bicyclic) bond motifs is 5. The maximum atomic E-state index is 2.64. The molecule has 250 valence electrons. The molecule has 13 rings (SSSR count). The Labute approximate surface area is 314 Å². The van der Waals surface area contributed by atoms with Crippen LogP contribution < -0.4 is 21.3 Å². The van der Waals surface area contributed by atoms with E-state index in [0.717, 1.165) is 0 Å². The first kappa shape index (κ1) is 29.9. The summed E-state index contributed by atoms with van der Waals surface area (Å²) in [5.41, 5.74) is 16.2. The number of hydrogen-bond acceptors (Lipinski definition) is 1. The molecule has 0 saturated heterocycles. The summed E-state index contributed by atoms with van der Waals surface area (Å²) in [5.74, 6) is 0. The van der Waals surface area contributed by atoms with Crippen molar-refractivity contribution < 1.29 is 0 Å². The van der Waals surface area contributed by atoms with Gasteiger partial charge in [-0.1, -0.05) is 177 Å². The predicted molar refractivity (Wildman–Crippen MR) is 235 cm³/mol. The van der Waals surface area contributed by atoms with E-state index in [1.807, 2.05) is 13.8 Å². The molecule has 3 aliphatic heterocycles. The van der Waals surface area contributed by atoms with Gasteiger partial charge in [-0.25, -0.2) is 0 Å². The minimum absolute atomic E-state index is 0.164. The third kappa shape index (κ3) is 3.65. The topological polar surface area (TPSA) is 3.24 Å². The first-order chi connectivity index (χ1) is 26.8. The Kier molecular flexibility index (Phi) is 6.06. The van der Waals surface area contributed by atoms with E-state index in [4.69, 9.17) is 0 Å².